The van der Waals surface area contributed by atoms with E-state index < -0.39 is 10.0 Å². The molecule has 142 valence electrons. The number of carbonyl (C=O) groups is 1. The molecule has 7 nitrogen and oxygen atoms in total. The van der Waals surface area contributed by atoms with Crippen molar-refractivity contribution in [3.05, 3.63) is 27.9 Å². The van der Waals surface area contributed by atoms with Gasteiger partial charge in [-0.25, -0.2) is 12.7 Å². The highest BCUT2D eigenvalue weighted by molar-refractivity contribution is 7.89. The molecule has 0 saturated carbocycles. The van der Waals surface area contributed by atoms with Gasteiger partial charge in [0.05, 0.1) is 21.9 Å². The van der Waals surface area contributed by atoms with Crippen LogP contribution in [0, 0.1) is 5.92 Å². The Bertz CT molecular complexity index is 978. The molecule has 0 aliphatic carbocycles. The van der Waals surface area contributed by atoms with E-state index in [4.69, 9.17) is 0 Å². The van der Waals surface area contributed by atoms with Crippen molar-refractivity contribution in [2.75, 3.05) is 24.2 Å². The van der Waals surface area contributed by atoms with Gasteiger partial charge in [-0.05, 0) is 44.9 Å². The average molecular weight is 398 g/mol. The van der Waals surface area contributed by atoms with E-state index in [1.54, 1.807) is 23.6 Å². The molecule has 1 atom stereocenters. The van der Waals surface area contributed by atoms with Gasteiger partial charge in [-0.3, -0.25) is 14.2 Å². The van der Waals surface area contributed by atoms with Gasteiger partial charge < -0.3 is 5.32 Å². The van der Waals surface area contributed by atoms with E-state index in [0.29, 0.717) is 31.6 Å². The van der Waals surface area contributed by atoms with Crippen LogP contribution in [0.25, 0.3) is 10.2 Å². The van der Waals surface area contributed by atoms with Crippen LogP contribution in [0.1, 0.15) is 26.7 Å². The van der Waals surface area contributed by atoms with Crippen LogP contribution >= 0.6 is 11.3 Å². The summed E-state index contributed by atoms with van der Waals surface area (Å²) in [5.74, 6) is -0.492. The summed E-state index contributed by atoms with van der Waals surface area (Å²) in [5, 5.41) is 2.88. The first-order chi connectivity index (χ1) is 12.4. The second-order valence-corrected chi connectivity index (χ2v) is 9.63. The van der Waals surface area contributed by atoms with Gasteiger partial charge in [0.2, 0.25) is 15.9 Å². The molecule has 1 aliphatic rings. The van der Waals surface area contributed by atoms with Crippen LogP contribution in [-0.2, 0) is 21.4 Å². The van der Waals surface area contributed by atoms with Crippen LogP contribution in [0.15, 0.2) is 23.0 Å². The second-order valence-electron chi connectivity index (χ2n) is 6.38. The topological polar surface area (TPSA) is 88.5 Å². The maximum absolute atomic E-state index is 12.6. The number of aryl methyl sites for hydroxylation is 1. The Morgan fingerprint density at radius 2 is 2.12 bits per heavy atom. The van der Waals surface area contributed by atoms with Crippen molar-refractivity contribution in [1.29, 1.82) is 0 Å². The van der Waals surface area contributed by atoms with Gasteiger partial charge >= 0.3 is 4.87 Å². The molecule has 1 aromatic heterocycles. The number of thiazole rings is 1. The number of aromatic nitrogens is 1. The number of anilines is 1. The predicted molar refractivity (Wildman–Crippen MR) is 104 cm³/mol. The molecule has 1 saturated heterocycles. The molecule has 9 heteroatoms. The summed E-state index contributed by atoms with van der Waals surface area (Å²) in [5.41, 5.74) is 1.49. The number of carbonyl (C=O) groups excluding carboxylic acids is 1. The average Bonchev–Trinajstić information content (AvgIpc) is 2.95. The molecule has 3 rings (SSSR count). The smallest absolute Gasteiger partial charge is 0.308 e. The van der Waals surface area contributed by atoms with E-state index in [2.05, 4.69) is 5.32 Å². The van der Waals surface area contributed by atoms with Crippen LogP contribution < -0.4 is 10.2 Å². The third kappa shape index (κ3) is 3.70. The number of benzene rings is 1. The van der Waals surface area contributed by atoms with Crippen molar-refractivity contribution in [2.24, 2.45) is 5.92 Å². The van der Waals surface area contributed by atoms with Crippen molar-refractivity contribution in [1.82, 2.24) is 8.87 Å². The molecule has 0 unspecified atom stereocenters. The van der Waals surface area contributed by atoms with Crippen molar-refractivity contribution in [3.63, 3.8) is 0 Å². The Kier molecular flexibility index (Phi) is 5.50. The molecule has 0 spiro atoms. The molecule has 2 heterocycles. The number of nitrogens with zero attached hydrogens (tertiary/aromatic N) is 2. The van der Waals surface area contributed by atoms with Crippen molar-refractivity contribution >= 4 is 43.2 Å². The Labute approximate surface area is 156 Å². The monoisotopic (exact) mass is 397 g/mol. The Balaban J connectivity index is 1.75. The molecule has 1 fully saturated rings. The van der Waals surface area contributed by atoms with Crippen LogP contribution in [0.2, 0.25) is 0 Å². The van der Waals surface area contributed by atoms with Crippen molar-refractivity contribution in [2.45, 2.75) is 33.2 Å². The summed E-state index contributed by atoms with van der Waals surface area (Å²) in [7, 11) is -3.28. The van der Waals surface area contributed by atoms with Crippen LogP contribution in [-0.4, -0.2) is 42.0 Å². The highest BCUT2D eigenvalue weighted by Gasteiger charge is 2.31. The number of hydrogen-bond donors (Lipinski definition) is 1. The largest absolute Gasteiger partial charge is 0.326 e. The maximum atomic E-state index is 12.6. The summed E-state index contributed by atoms with van der Waals surface area (Å²) < 4.78 is 28.0. The summed E-state index contributed by atoms with van der Waals surface area (Å²) in [6.07, 6.45) is 1.35. The lowest BCUT2D eigenvalue weighted by molar-refractivity contribution is -0.120. The first kappa shape index (κ1) is 19.1. The van der Waals surface area contributed by atoms with Gasteiger partial charge in [-0.15, -0.1) is 0 Å². The Morgan fingerprint density at radius 1 is 1.35 bits per heavy atom. The maximum Gasteiger partial charge on any atom is 0.308 e. The fourth-order valence-corrected chi connectivity index (χ4v) is 5.45. The summed E-state index contributed by atoms with van der Waals surface area (Å²) >= 11 is 1.16. The van der Waals surface area contributed by atoms with Crippen molar-refractivity contribution < 1.29 is 13.2 Å². The third-order valence-corrected chi connectivity index (χ3v) is 7.56. The molecule has 1 aromatic carbocycles. The standard InChI is InChI=1S/C17H23N3O4S2/c1-3-20-14-8-7-13(10-15(14)25-17(20)22)18-16(21)12-6-5-9-19(11-12)26(23,24)4-2/h7-8,10,12H,3-6,9,11H2,1-2H3,(H,18,21)/t12-/m1/s1. The van der Waals surface area contributed by atoms with E-state index in [1.165, 1.54) is 4.31 Å². The number of rotatable bonds is 5. The van der Waals surface area contributed by atoms with E-state index >= 15 is 0 Å². The Morgan fingerprint density at radius 3 is 2.81 bits per heavy atom. The first-order valence-electron chi connectivity index (χ1n) is 8.77. The molecule has 0 bridgehead atoms. The molecule has 2 aromatic rings. The van der Waals surface area contributed by atoms with Crippen LogP contribution in [0.5, 0.6) is 0 Å². The molecular weight excluding hydrogens is 374 g/mol. The van der Waals surface area contributed by atoms with E-state index in [9.17, 15) is 18.0 Å². The summed E-state index contributed by atoms with van der Waals surface area (Å²) in [4.78, 5) is 24.5. The SMILES string of the molecule is CCn1c(=O)sc2cc(NC(=O)[C@@H]3CCCN(S(=O)(=O)CC)C3)ccc21. The zero-order valence-electron chi connectivity index (χ0n) is 14.9. The number of piperidine rings is 1. The minimum absolute atomic E-state index is 0.0151. The number of nitrogens with one attached hydrogen (secondary N) is 1. The normalized spacial score (nSPS) is 18.9. The zero-order valence-corrected chi connectivity index (χ0v) is 16.5. The molecule has 1 N–H and O–H groups in total. The minimum atomic E-state index is -3.28. The number of fused-ring (bicyclic) bond motifs is 1. The third-order valence-electron chi connectivity index (χ3n) is 4.77. The predicted octanol–water partition coefficient (Wildman–Crippen LogP) is 2.08. The zero-order chi connectivity index (χ0) is 18.9. The number of amides is 1. The van der Waals surface area contributed by atoms with E-state index in [-0.39, 0.29) is 29.0 Å². The van der Waals surface area contributed by atoms with Gasteiger partial charge in [0, 0.05) is 25.3 Å². The highest BCUT2D eigenvalue weighted by atomic mass is 32.2. The molecular formula is C17H23N3O4S2. The minimum Gasteiger partial charge on any atom is -0.326 e. The lowest BCUT2D eigenvalue weighted by atomic mass is 9.98. The quantitative estimate of drug-likeness (QED) is 0.837. The highest BCUT2D eigenvalue weighted by Crippen LogP contribution is 2.24. The van der Waals surface area contributed by atoms with E-state index in [1.807, 2.05) is 13.0 Å². The van der Waals surface area contributed by atoms with Gasteiger partial charge in [0.1, 0.15) is 0 Å². The van der Waals surface area contributed by atoms with Gasteiger partial charge in [0.15, 0.2) is 0 Å². The molecule has 26 heavy (non-hydrogen) atoms. The number of hydrogen-bond acceptors (Lipinski definition) is 5. The lowest BCUT2D eigenvalue weighted by Crippen LogP contribution is -2.44. The van der Waals surface area contributed by atoms with E-state index in [0.717, 1.165) is 21.6 Å². The lowest BCUT2D eigenvalue weighted by Gasteiger charge is -2.30. The summed E-state index contributed by atoms with van der Waals surface area (Å²) in [6.45, 7) is 4.84. The molecule has 1 amide bonds. The van der Waals surface area contributed by atoms with Crippen LogP contribution in [0.4, 0.5) is 5.69 Å². The Hall–Kier alpha value is -1.71. The molecule has 1 aliphatic heterocycles. The van der Waals surface area contributed by atoms with Crippen molar-refractivity contribution in [3.8, 4) is 0 Å². The first-order valence-corrected chi connectivity index (χ1v) is 11.2. The van der Waals surface area contributed by atoms with Gasteiger partial charge in [0.25, 0.3) is 0 Å². The van der Waals surface area contributed by atoms with Gasteiger partial charge in [-0.2, -0.15) is 0 Å². The molecule has 0 radical (unpaired) electrons. The van der Waals surface area contributed by atoms with Crippen LogP contribution in [0.3, 0.4) is 0 Å². The fraction of sp³-hybridized carbons (Fsp3) is 0.529. The second kappa shape index (κ2) is 7.50. The van der Waals surface area contributed by atoms with Gasteiger partial charge in [-0.1, -0.05) is 11.3 Å². The fourth-order valence-electron chi connectivity index (χ4n) is 3.28. The summed E-state index contributed by atoms with van der Waals surface area (Å²) in [6, 6.07) is 5.41. The number of sulfonamides is 1.